The smallest absolute Gasteiger partial charge is 0.191 e. The van der Waals surface area contributed by atoms with Gasteiger partial charge in [-0.05, 0) is 36.2 Å². The molecule has 0 atom stereocenters. The van der Waals surface area contributed by atoms with E-state index in [1.807, 2.05) is 42.5 Å². The van der Waals surface area contributed by atoms with Crippen LogP contribution in [0.4, 0.5) is 0 Å². The number of hydrogen-bond acceptors (Lipinski definition) is 2. The third kappa shape index (κ3) is 4.97. The molecule has 0 unspecified atom stereocenters. The monoisotopic (exact) mass is 355 g/mol. The maximum Gasteiger partial charge on any atom is 0.191 e. The number of imidazole rings is 1. The molecule has 130 valence electrons. The Hall–Kier alpha value is -2.53. The largest absolute Gasteiger partial charge is 0.356 e. The van der Waals surface area contributed by atoms with Gasteiger partial charge in [-0.15, -0.1) is 0 Å². The number of H-pyrrole nitrogens is 1. The highest BCUT2D eigenvalue weighted by Crippen LogP contribution is 2.11. The van der Waals surface area contributed by atoms with E-state index in [-0.39, 0.29) is 0 Å². The maximum atomic E-state index is 6.00. The second kappa shape index (κ2) is 8.53. The molecule has 0 aliphatic heterocycles. The van der Waals surface area contributed by atoms with Crippen LogP contribution in [0.25, 0.3) is 11.0 Å². The van der Waals surface area contributed by atoms with Gasteiger partial charge in [0.1, 0.15) is 5.82 Å². The van der Waals surface area contributed by atoms with Crippen LogP contribution >= 0.6 is 11.6 Å². The van der Waals surface area contributed by atoms with Crippen LogP contribution in [0.2, 0.25) is 5.02 Å². The van der Waals surface area contributed by atoms with Crippen molar-refractivity contribution in [2.75, 3.05) is 20.1 Å². The zero-order chi connectivity index (χ0) is 17.5. The van der Waals surface area contributed by atoms with Crippen molar-refractivity contribution >= 4 is 28.6 Å². The van der Waals surface area contributed by atoms with E-state index < -0.39 is 0 Å². The maximum absolute atomic E-state index is 6.00. The number of guanidine groups is 1. The predicted molar refractivity (Wildman–Crippen MR) is 104 cm³/mol. The molecule has 0 saturated carbocycles. The third-order valence-corrected chi connectivity index (χ3v) is 4.15. The van der Waals surface area contributed by atoms with Crippen molar-refractivity contribution in [3.05, 3.63) is 64.9 Å². The molecular weight excluding hydrogens is 334 g/mol. The lowest BCUT2D eigenvalue weighted by molar-refractivity contribution is 0.770. The third-order valence-electron chi connectivity index (χ3n) is 3.91. The number of nitrogens with zero attached hydrogens (tertiary/aromatic N) is 2. The predicted octanol–water partition coefficient (Wildman–Crippen LogP) is 3.17. The molecule has 3 aromatic rings. The van der Waals surface area contributed by atoms with E-state index >= 15 is 0 Å². The van der Waals surface area contributed by atoms with Crippen molar-refractivity contribution in [1.29, 1.82) is 0 Å². The van der Waals surface area contributed by atoms with Crippen LogP contribution in [-0.4, -0.2) is 36.1 Å². The molecule has 5 nitrogen and oxygen atoms in total. The Morgan fingerprint density at radius 3 is 2.64 bits per heavy atom. The molecule has 6 heteroatoms. The van der Waals surface area contributed by atoms with Crippen molar-refractivity contribution in [3.8, 4) is 0 Å². The topological polar surface area (TPSA) is 65.1 Å². The molecule has 0 saturated heterocycles. The average molecular weight is 356 g/mol. The summed E-state index contributed by atoms with van der Waals surface area (Å²) in [5, 5.41) is 7.40. The molecule has 0 spiro atoms. The zero-order valence-corrected chi connectivity index (χ0v) is 15.0. The highest BCUT2D eigenvalue weighted by molar-refractivity contribution is 6.30. The Morgan fingerprint density at radius 1 is 1.08 bits per heavy atom. The number of para-hydroxylation sites is 2. The van der Waals surface area contributed by atoms with Crippen molar-refractivity contribution in [2.24, 2.45) is 4.99 Å². The number of aromatic nitrogens is 2. The Morgan fingerprint density at radius 2 is 1.88 bits per heavy atom. The molecule has 1 heterocycles. The number of nitrogens with one attached hydrogen (secondary N) is 3. The Balaban J connectivity index is 1.43. The molecule has 0 amide bonds. The van der Waals surface area contributed by atoms with Gasteiger partial charge in [-0.3, -0.25) is 4.99 Å². The first-order valence-electron chi connectivity index (χ1n) is 8.37. The Labute approximate surface area is 152 Å². The summed E-state index contributed by atoms with van der Waals surface area (Å²) in [5.74, 6) is 1.77. The van der Waals surface area contributed by atoms with Crippen LogP contribution in [0.3, 0.4) is 0 Å². The summed E-state index contributed by atoms with van der Waals surface area (Å²) in [6, 6.07) is 16.0. The van der Waals surface area contributed by atoms with E-state index in [2.05, 4.69) is 31.7 Å². The van der Waals surface area contributed by atoms with Gasteiger partial charge < -0.3 is 15.6 Å². The number of hydrogen-bond donors (Lipinski definition) is 3. The first-order chi connectivity index (χ1) is 12.2. The van der Waals surface area contributed by atoms with E-state index in [0.29, 0.717) is 0 Å². The van der Waals surface area contributed by atoms with Crippen LogP contribution in [0.1, 0.15) is 11.4 Å². The van der Waals surface area contributed by atoms with Gasteiger partial charge in [0.05, 0.1) is 11.0 Å². The zero-order valence-electron chi connectivity index (χ0n) is 14.2. The lowest BCUT2D eigenvalue weighted by atomic mass is 10.1. The fourth-order valence-electron chi connectivity index (χ4n) is 2.66. The van der Waals surface area contributed by atoms with Gasteiger partial charge in [0.2, 0.25) is 0 Å². The Kier molecular flexibility index (Phi) is 5.90. The normalized spacial score (nSPS) is 11.7. The summed E-state index contributed by atoms with van der Waals surface area (Å²) in [6.07, 6.45) is 1.70. The van der Waals surface area contributed by atoms with Crippen molar-refractivity contribution in [1.82, 2.24) is 20.6 Å². The van der Waals surface area contributed by atoms with Gasteiger partial charge in [-0.25, -0.2) is 4.98 Å². The molecule has 0 bridgehead atoms. The summed E-state index contributed by atoms with van der Waals surface area (Å²) in [5.41, 5.74) is 3.28. The van der Waals surface area contributed by atoms with E-state index in [1.165, 1.54) is 5.56 Å². The van der Waals surface area contributed by atoms with Crippen molar-refractivity contribution in [2.45, 2.75) is 12.8 Å². The fourth-order valence-corrected chi connectivity index (χ4v) is 2.87. The molecule has 25 heavy (non-hydrogen) atoms. The highest BCUT2D eigenvalue weighted by Gasteiger charge is 2.03. The van der Waals surface area contributed by atoms with Gasteiger partial charge in [0.25, 0.3) is 0 Å². The van der Waals surface area contributed by atoms with Crippen LogP contribution in [0.15, 0.2) is 53.5 Å². The quantitative estimate of drug-likeness (QED) is 0.470. The van der Waals surface area contributed by atoms with Crippen LogP contribution < -0.4 is 10.6 Å². The average Bonchev–Trinajstić information content (AvgIpc) is 3.03. The van der Waals surface area contributed by atoms with E-state index in [1.54, 1.807) is 7.05 Å². The lowest BCUT2D eigenvalue weighted by Crippen LogP contribution is -2.39. The van der Waals surface area contributed by atoms with Crippen LogP contribution in [0.5, 0.6) is 0 Å². The molecule has 3 N–H and O–H groups in total. The minimum absolute atomic E-state index is 0.761. The number of halogens is 1. The fraction of sp³-hybridized carbons (Fsp3) is 0.263. The van der Waals surface area contributed by atoms with Crippen LogP contribution in [-0.2, 0) is 12.8 Å². The van der Waals surface area contributed by atoms with E-state index in [0.717, 1.165) is 53.8 Å². The molecule has 2 aromatic carbocycles. The van der Waals surface area contributed by atoms with Gasteiger partial charge in [0.15, 0.2) is 5.96 Å². The second-order valence-corrected chi connectivity index (χ2v) is 6.19. The summed E-state index contributed by atoms with van der Waals surface area (Å²) in [7, 11) is 1.77. The molecule has 0 aliphatic carbocycles. The van der Waals surface area contributed by atoms with Gasteiger partial charge in [-0.2, -0.15) is 0 Å². The molecule has 0 fully saturated rings. The SMILES string of the molecule is CN=C(NCCc1cccc(Cl)c1)NCCc1nc2ccccc2[nH]1. The van der Waals surface area contributed by atoms with Crippen molar-refractivity contribution < 1.29 is 0 Å². The summed E-state index contributed by atoms with van der Waals surface area (Å²) >= 11 is 6.00. The van der Waals surface area contributed by atoms with Gasteiger partial charge in [-0.1, -0.05) is 35.9 Å². The van der Waals surface area contributed by atoms with E-state index in [4.69, 9.17) is 11.6 Å². The number of aliphatic imine (C=N–C) groups is 1. The molecule has 3 rings (SSSR count). The number of rotatable bonds is 6. The second-order valence-electron chi connectivity index (χ2n) is 5.76. The van der Waals surface area contributed by atoms with Gasteiger partial charge in [0, 0.05) is 31.6 Å². The lowest BCUT2D eigenvalue weighted by Gasteiger charge is -2.11. The summed E-state index contributed by atoms with van der Waals surface area (Å²) < 4.78 is 0. The minimum atomic E-state index is 0.761. The number of benzene rings is 2. The molecule has 0 radical (unpaired) electrons. The summed E-state index contributed by atoms with van der Waals surface area (Å²) in [6.45, 7) is 1.56. The minimum Gasteiger partial charge on any atom is -0.356 e. The highest BCUT2D eigenvalue weighted by atomic mass is 35.5. The number of aromatic amines is 1. The first-order valence-corrected chi connectivity index (χ1v) is 8.75. The Bertz CT molecular complexity index is 823. The standard InChI is InChI=1S/C19H22ClN5/c1-21-19(22-11-9-14-5-4-6-15(20)13-14)23-12-10-18-24-16-7-2-3-8-17(16)25-18/h2-8,13H,9-12H2,1H3,(H,24,25)(H2,21,22,23). The number of fused-ring (bicyclic) bond motifs is 1. The molecule has 1 aromatic heterocycles. The summed E-state index contributed by atoms with van der Waals surface area (Å²) in [4.78, 5) is 12.2. The van der Waals surface area contributed by atoms with Gasteiger partial charge >= 0.3 is 0 Å². The molecule has 0 aliphatic rings. The first kappa shape index (κ1) is 17.3. The van der Waals surface area contributed by atoms with E-state index in [9.17, 15) is 0 Å². The van der Waals surface area contributed by atoms with Crippen molar-refractivity contribution in [3.63, 3.8) is 0 Å². The molecular formula is C19H22ClN5. The van der Waals surface area contributed by atoms with Crippen LogP contribution in [0, 0.1) is 0 Å².